The topological polar surface area (TPSA) is 133 Å². The van der Waals surface area contributed by atoms with Gasteiger partial charge in [-0.05, 0) is 79.1 Å². The lowest BCUT2D eigenvalue weighted by Gasteiger charge is -2.32. The summed E-state index contributed by atoms with van der Waals surface area (Å²) in [6.45, 7) is 3.19. The number of benzene rings is 3. The number of hydrogen-bond donors (Lipinski definition) is 1. The Morgan fingerprint density at radius 2 is 1.59 bits per heavy atom. The molecule has 256 valence electrons. The molecule has 49 heavy (non-hydrogen) atoms. The van der Waals surface area contributed by atoms with Crippen molar-refractivity contribution in [3.8, 4) is 11.8 Å². The number of hydrogen-bond acceptors (Lipinski definition) is 8. The van der Waals surface area contributed by atoms with Crippen LogP contribution < -0.4 is 10.1 Å². The highest BCUT2D eigenvalue weighted by Crippen LogP contribution is 2.32. The third kappa shape index (κ3) is 7.73. The van der Waals surface area contributed by atoms with Crippen LogP contribution in [0.25, 0.3) is 11.0 Å². The van der Waals surface area contributed by atoms with Crippen molar-refractivity contribution in [3.63, 3.8) is 0 Å². The van der Waals surface area contributed by atoms with E-state index in [1.54, 1.807) is 29.2 Å². The standard InChI is InChI=1S/C35H33F3N4O6S/c36-35(37,38)49(45,46)30-8-6-28(7-9-30)47-29-13-17-42(18-14-29)34(44)25-5-10-31-26(19-25)20-32(48-31)33(43)40-27-11-15-41(16-12-27)22-24-3-1-23(21-39)2-4-24/h1-10,19-20,27,29H,11-18,22H2,(H,40,43). The summed E-state index contributed by atoms with van der Waals surface area (Å²) in [6.07, 6.45) is 2.23. The summed E-state index contributed by atoms with van der Waals surface area (Å²) in [5.74, 6) is -0.0988. The van der Waals surface area contributed by atoms with Crippen LogP contribution in [0.3, 0.4) is 0 Å². The summed E-state index contributed by atoms with van der Waals surface area (Å²) in [4.78, 5) is 29.5. The number of sulfone groups is 1. The van der Waals surface area contributed by atoms with E-state index < -0.39 is 20.2 Å². The first-order chi connectivity index (χ1) is 23.4. The third-order valence-corrected chi connectivity index (χ3v) is 10.4. The molecule has 1 N–H and O–H groups in total. The molecule has 0 spiro atoms. The minimum Gasteiger partial charge on any atom is -0.490 e. The van der Waals surface area contributed by atoms with Gasteiger partial charge >= 0.3 is 5.51 Å². The number of nitriles is 1. The molecule has 10 nitrogen and oxygen atoms in total. The highest BCUT2D eigenvalue weighted by Gasteiger charge is 2.46. The zero-order valence-corrected chi connectivity index (χ0v) is 27.1. The van der Waals surface area contributed by atoms with E-state index in [-0.39, 0.29) is 35.5 Å². The van der Waals surface area contributed by atoms with Gasteiger partial charge in [0.15, 0.2) is 5.76 Å². The fourth-order valence-corrected chi connectivity index (χ4v) is 6.87. The molecule has 2 aliphatic rings. The van der Waals surface area contributed by atoms with Gasteiger partial charge in [-0.1, -0.05) is 12.1 Å². The molecule has 0 bridgehead atoms. The van der Waals surface area contributed by atoms with E-state index in [0.717, 1.165) is 50.2 Å². The van der Waals surface area contributed by atoms with Crippen LogP contribution >= 0.6 is 0 Å². The molecule has 6 rings (SSSR count). The second kappa shape index (κ2) is 13.9. The van der Waals surface area contributed by atoms with Crippen LogP contribution in [-0.2, 0) is 16.4 Å². The minimum atomic E-state index is -5.44. The number of carbonyl (C=O) groups is 2. The second-order valence-electron chi connectivity index (χ2n) is 12.2. The Hall–Kier alpha value is -4.87. The van der Waals surface area contributed by atoms with Gasteiger partial charge in [0.1, 0.15) is 17.4 Å². The van der Waals surface area contributed by atoms with Gasteiger partial charge in [-0.3, -0.25) is 14.5 Å². The molecule has 2 fully saturated rings. The molecule has 4 aromatic rings. The molecule has 0 atom stereocenters. The fraction of sp³-hybridized carbons (Fsp3) is 0.343. The predicted octanol–water partition coefficient (Wildman–Crippen LogP) is 5.68. The first-order valence-corrected chi connectivity index (χ1v) is 17.3. The number of nitrogens with zero attached hydrogens (tertiary/aromatic N) is 3. The molecule has 2 aliphatic heterocycles. The maximum atomic E-state index is 13.3. The molecule has 0 aliphatic carbocycles. The van der Waals surface area contributed by atoms with Crippen molar-refractivity contribution in [2.75, 3.05) is 26.2 Å². The van der Waals surface area contributed by atoms with Gasteiger partial charge in [-0.25, -0.2) is 8.42 Å². The Balaban J connectivity index is 0.983. The summed E-state index contributed by atoms with van der Waals surface area (Å²) in [5, 5.41) is 12.7. The van der Waals surface area contributed by atoms with Gasteiger partial charge in [-0.2, -0.15) is 18.4 Å². The largest absolute Gasteiger partial charge is 0.501 e. The number of furan rings is 1. The first kappa shape index (κ1) is 34.0. The SMILES string of the molecule is N#Cc1ccc(CN2CCC(NC(=O)c3cc4cc(C(=O)N5CCC(Oc6ccc(S(=O)(=O)C(F)(F)F)cc6)CC5)ccc4o3)CC2)cc1. The third-order valence-electron chi connectivity index (χ3n) is 8.87. The fourth-order valence-electron chi connectivity index (χ4n) is 6.11. The number of alkyl halides is 3. The normalized spacial score (nSPS) is 16.7. The Morgan fingerprint density at radius 3 is 2.22 bits per heavy atom. The van der Waals surface area contributed by atoms with E-state index in [0.29, 0.717) is 48.0 Å². The molecule has 3 aromatic carbocycles. The summed E-state index contributed by atoms with van der Waals surface area (Å²) < 4.78 is 73.2. The number of nitrogens with one attached hydrogen (secondary N) is 1. The molecular weight excluding hydrogens is 661 g/mol. The number of likely N-dealkylation sites (tertiary alicyclic amines) is 2. The summed E-state index contributed by atoms with van der Waals surface area (Å²) in [6, 6.07) is 20.4. The lowest BCUT2D eigenvalue weighted by molar-refractivity contribution is -0.0436. The molecule has 0 unspecified atom stereocenters. The van der Waals surface area contributed by atoms with Crippen molar-refractivity contribution in [3.05, 3.63) is 95.2 Å². The van der Waals surface area contributed by atoms with Crippen LogP contribution in [0.5, 0.6) is 5.75 Å². The van der Waals surface area contributed by atoms with Crippen LogP contribution in [0, 0.1) is 11.3 Å². The van der Waals surface area contributed by atoms with Gasteiger partial charge in [0.05, 0.1) is 16.5 Å². The van der Waals surface area contributed by atoms with Gasteiger partial charge in [0.25, 0.3) is 21.7 Å². The van der Waals surface area contributed by atoms with Crippen LogP contribution in [0.15, 0.2) is 82.1 Å². The van der Waals surface area contributed by atoms with Crippen LogP contribution in [0.1, 0.15) is 57.7 Å². The Labute approximate surface area is 281 Å². The number of piperidine rings is 2. The number of carbonyl (C=O) groups excluding carboxylic acids is 2. The number of rotatable bonds is 8. The molecule has 0 radical (unpaired) electrons. The average Bonchev–Trinajstić information content (AvgIpc) is 3.53. The van der Waals surface area contributed by atoms with E-state index >= 15 is 0 Å². The maximum Gasteiger partial charge on any atom is 0.501 e. The molecule has 1 aromatic heterocycles. The maximum absolute atomic E-state index is 13.3. The summed E-state index contributed by atoms with van der Waals surface area (Å²) in [5.41, 5.74) is -2.69. The zero-order chi connectivity index (χ0) is 34.8. The first-order valence-electron chi connectivity index (χ1n) is 15.8. The molecule has 3 heterocycles. The van der Waals surface area contributed by atoms with Gasteiger partial charge < -0.3 is 19.4 Å². The van der Waals surface area contributed by atoms with E-state index in [9.17, 15) is 31.2 Å². The van der Waals surface area contributed by atoms with Gasteiger partial charge in [-0.15, -0.1) is 0 Å². The van der Waals surface area contributed by atoms with Crippen LogP contribution in [0.4, 0.5) is 13.2 Å². The number of halogens is 3. The lowest BCUT2D eigenvalue weighted by atomic mass is 10.0. The van der Waals surface area contributed by atoms with Crippen molar-refractivity contribution in [1.29, 1.82) is 5.26 Å². The van der Waals surface area contributed by atoms with Crippen molar-refractivity contribution in [1.82, 2.24) is 15.1 Å². The minimum absolute atomic E-state index is 0.00636. The average molecular weight is 695 g/mol. The molecule has 2 amide bonds. The zero-order valence-electron chi connectivity index (χ0n) is 26.3. The second-order valence-corrected chi connectivity index (χ2v) is 14.2. The smallest absolute Gasteiger partial charge is 0.490 e. The molecule has 2 saturated heterocycles. The van der Waals surface area contributed by atoms with Crippen molar-refractivity contribution in [2.24, 2.45) is 0 Å². The van der Waals surface area contributed by atoms with E-state index in [4.69, 9.17) is 14.4 Å². The van der Waals surface area contributed by atoms with Crippen molar-refractivity contribution < 1.29 is 40.3 Å². The predicted molar refractivity (Wildman–Crippen MR) is 172 cm³/mol. The van der Waals surface area contributed by atoms with Crippen molar-refractivity contribution in [2.45, 2.75) is 54.8 Å². The molecule has 14 heteroatoms. The number of amides is 2. The Kier molecular flexibility index (Phi) is 9.67. The van der Waals surface area contributed by atoms with Gasteiger partial charge in [0.2, 0.25) is 0 Å². The summed E-state index contributed by atoms with van der Waals surface area (Å²) >= 11 is 0. The van der Waals surface area contributed by atoms with Crippen LogP contribution in [0.2, 0.25) is 0 Å². The van der Waals surface area contributed by atoms with E-state index in [1.165, 1.54) is 12.1 Å². The van der Waals surface area contributed by atoms with Gasteiger partial charge in [0, 0.05) is 62.6 Å². The summed E-state index contributed by atoms with van der Waals surface area (Å²) in [7, 11) is -5.44. The lowest BCUT2D eigenvalue weighted by Crippen LogP contribution is -2.44. The van der Waals surface area contributed by atoms with E-state index in [1.807, 2.05) is 24.3 Å². The van der Waals surface area contributed by atoms with E-state index in [2.05, 4.69) is 16.3 Å². The molecular formula is C35H33F3N4O6S. The number of ether oxygens (including phenoxy) is 1. The quantitative estimate of drug-likeness (QED) is 0.249. The highest BCUT2D eigenvalue weighted by atomic mass is 32.2. The van der Waals surface area contributed by atoms with Crippen molar-refractivity contribution >= 4 is 32.6 Å². The van der Waals surface area contributed by atoms with Crippen LogP contribution in [-0.4, -0.2) is 73.9 Å². The monoisotopic (exact) mass is 694 g/mol. The Morgan fingerprint density at radius 1 is 0.918 bits per heavy atom. The Bertz CT molecular complexity index is 1970. The molecule has 0 saturated carbocycles. The highest BCUT2D eigenvalue weighted by molar-refractivity contribution is 7.92. The number of fused-ring (bicyclic) bond motifs is 1.